The molecule has 0 aromatic carbocycles. The van der Waals surface area contributed by atoms with E-state index in [4.69, 9.17) is 4.74 Å². The summed E-state index contributed by atoms with van der Waals surface area (Å²) in [4.78, 5) is 0. The van der Waals surface area contributed by atoms with Gasteiger partial charge >= 0.3 is 0 Å². The van der Waals surface area contributed by atoms with Gasteiger partial charge in [0.15, 0.2) is 0 Å². The van der Waals surface area contributed by atoms with E-state index in [0.29, 0.717) is 12.1 Å². The molecule has 90 valence electrons. The van der Waals surface area contributed by atoms with Crippen molar-refractivity contribution in [1.82, 2.24) is 5.32 Å². The van der Waals surface area contributed by atoms with Gasteiger partial charge in [0.25, 0.3) is 0 Å². The zero-order chi connectivity index (χ0) is 11.1. The first-order valence-corrected chi connectivity index (χ1v) is 6.62. The summed E-state index contributed by atoms with van der Waals surface area (Å²) in [5.41, 5.74) is 0. The molecule has 0 saturated heterocycles. The molecule has 0 bridgehead atoms. The molecule has 0 spiro atoms. The molecule has 1 fully saturated rings. The molecule has 3 unspecified atom stereocenters. The fourth-order valence-corrected chi connectivity index (χ4v) is 2.39. The average Bonchev–Trinajstić information content (AvgIpc) is 2.22. The van der Waals surface area contributed by atoms with Crippen molar-refractivity contribution in [2.24, 2.45) is 5.92 Å². The molecule has 2 nitrogen and oxygen atoms in total. The highest BCUT2D eigenvalue weighted by molar-refractivity contribution is 4.84. The lowest BCUT2D eigenvalue weighted by atomic mass is 9.85. The second-order valence-corrected chi connectivity index (χ2v) is 4.85. The molecular formula is C13H27NO. The Labute approximate surface area is 94.8 Å². The molecule has 1 rings (SSSR count). The van der Waals surface area contributed by atoms with Crippen LogP contribution in [-0.4, -0.2) is 25.3 Å². The molecule has 15 heavy (non-hydrogen) atoms. The smallest absolute Gasteiger partial charge is 0.0730 e. The predicted molar refractivity (Wildman–Crippen MR) is 65.1 cm³/mol. The summed E-state index contributed by atoms with van der Waals surface area (Å²) in [5, 5.41) is 3.56. The lowest BCUT2D eigenvalue weighted by Crippen LogP contribution is -2.45. The molecule has 1 aliphatic rings. The van der Waals surface area contributed by atoms with E-state index in [0.717, 1.165) is 19.1 Å². The van der Waals surface area contributed by atoms with E-state index in [1.807, 2.05) is 0 Å². The molecule has 1 N–H and O–H groups in total. The highest BCUT2D eigenvalue weighted by atomic mass is 16.5. The van der Waals surface area contributed by atoms with Crippen molar-refractivity contribution < 1.29 is 4.74 Å². The van der Waals surface area contributed by atoms with Crippen LogP contribution in [0.4, 0.5) is 0 Å². The van der Waals surface area contributed by atoms with Crippen molar-refractivity contribution in [3.63, 3.8) is 0 Å². The van der Waals surface area contributed by atoms with Gasteiger partial charge in [-0.25, -0.2) is 0 Å². The molecule has 0 aromatic heterocycles. The first kappa shape index (κ1) is 13.0. The average molecular weight is 213 g/mol. The Morgan fingerprint density at radius 1 is 1.27 bits per heavy atom. The molecule has 2 heteroatoms. The van der Waals surface area contributed by atoms with Crippen LogP contribution in [0.15, 0.2) is 0 Å². The minimum absolute atomic E-state index is 0.459. The summed E-state index contributed by atoms with van der Waals surface area (Å²) >= 11 is 0. The maximum atomic E-state index is 6.00. The summed E-state index contributed by atoms with van der Waals surface area (Å²) in [6.45, 7) is 8.75. The van der Waals surface area contributed by atoms with Crippen LogP contribution < -0.4 is 5.32 Å². The Balaban J connectivity index is 2.32. The largest absolute Gasteiger partial charge is 0.377 e. The first-order valence-electron chi connectivity index (χ1n) is 6.62. The topological polar surface area (TPSA) is 21.3 Å². The van der Waals surface area contributed by atoms with Crippen LogP contribution in [0.2, 0.25) is 0 Å². The predicted octanol–water partition coefficient (Wildman–Crippen LogP) is 2.97. The number of likely N-dealkylation sites (N-methyl/N-ethyl adjacent to an activating group) is 1. The van der Waals surface area contributed by atoms with Crippen LogP contribution in [0.1, 0.15) is 52.9 Å². The summed E-state index contributed by atoms with van der Waals surface area (Å²) in [5.74, 6) is 0.839. The van der Waals surface area contributed by atoms with E-state index in [1.54, 1.807) is 0 Å². The Bertz CT molecular complexity index is 161. The molecule has 1 saturated carbocycles. The van der Waals surface area contributed by atoms with Gasteiger partial charge in [0.1, 0.15) is 0 Å². The van der Waals surface area contributed by atoms with Crippen LogP contribution in [0.3, 0.4) is 0 Å². The minimum Gasteiger partial charge on any atom is -0.377 e. The van der Waals surface area contributed by atoms with Crippen LogP contribution in [0.5, 0.6) is 0 Å². The van der Waals surface area contributed by atoms with Crippen molar-refractivity contribution in [1.29, 1.82) is 0 Å². The first-order chi connectivity index (χ1) is 7.27. The van der Waals surface area contributed by atoms with Crippen LogP contribution in [0, 0.1) is 5.92 Å². The van der Waals surface area contributed by atoms with E-state index >= 15 is 0 Å². The SMILES string of the molecule is CCCCOC1CC(C)CCC1NCC. The van der Waals surface area contributed by atoms with Gasteiger partial charge in [0, 0.05) is 12.6 Å². The molecular weight excluding hydrogens is 186 g/mol. The van der Waals surface area contributed by atoms with Gasteiger partial charge in [-0.3, -0.25) is 0 Å². The quantitative estimate of drug-likeness (QED) is 0.685. The van der Waals surface area contributed by atoms with E-state index in [1.165, 1.54) is 32.1 Å². The maximum absolute atomic E-state index is 6.00. The maximum Gasteiger partial charge on any atom is 0.0730 e. The number of nitrogens with one attached hydrogen (secondary N) is 1. The summed E-state index contributed by atoms with van der Waals surface area (Å²) in [7, 11) is 0. The van der Waals surface area contributed by atoms with Crippen LogP contribution in [0.25, 0.3) is 0 Å². The highest BCUT2D eigenvalue weighted by Crippen LogP contribution is 2.26. The van der Waals surface area contributed by atoms with Crippen molar-refractivity contribution in [2.45, 2.75) is 65.0 Å². The normalized spacial score (nSPS) is 31.8. The van der Waals surface area contributed by atoms with Gasteiger partial charge in [-0.05, 0) is 38.1 Å². The fourth-order valence-electron chi connectivity index (χ4n) is 2.39. The standard InChI is InChI=1S/C13H27NO/c1-4-6-9-15-13-10-11(3)7-8-12(13)14-5-2/h11-14H,4-10H2,1-3H3. The highest BCUT2D eigenvalue weighted by Gasteiger charge is 2.28. The lowest BCUT2D eigenvalue weighted by molar-refractivity contribution is -0.00820. The number of ether oxygens (including phenoxy) is 1. The zero-order valence-electron chi connectivity index (χ0n) is 10.6. The lowest BCUT2D eigenvalue weighted by Gasteiger charge is -2.35. The van der Waals surface area contributed by atoms with Gasteiger partial charge in [-0.15, -0.1) is 0 Å². The third-order valence-electron chi connectivity index (χ3n) is 3.35. The third kappa shape index (κ3) is 4.52. The molecule has 0 amide bonds. The van der Waals surface area contributed by atoms with E-state index in [2.05, 4.69) is 26.1 Å². The van der Waals surface area contributed by atoms with Crippen molar-refractivity contribution in [2.75, 3.05) is 13.2 Å². The molecule has 0 aliphatic heterocycles. The minimum atomic E-state index is 0.459. The zero-order valence-corrected chi connectivity index (χ0v) is 10.6. The summed E-state index contributed by atoms with van der Waals surface area (Å²) in [6, 6.07) is 0.600. The van der Waals surface area contributed by atoms with Crippen molar-refractivity contribution in [3.8, 4) is 0 Å². The van der Waals surface area contributed by atoms with Gasteiger partial charge in [0.2, 0.25) is 0 Å². The van der Waals surface area contributed by atoms with Gasteiger partial charge in [-0.2, -0.15) is 0 Å². The molecule has 1 aliphatic carbocycles. The molecule has 0 aromatic rings. The van der Waals surface area contributed by atoms with Crippen molar-refractivity contribution >= 4 is 0 Å². The number of unbranched alkanes of at least 4 members (excludes halogenated alkanes) is 1. The van der Waals surface area contributed by atoms with E-state index in [9.17, 15) is 0 Å². The fraction of sp³-hybridized carbons (Fsp3) is 1.00. The second kappa shape index (κ2) is 7.24. The Hall–Kier alpha value is -0.0800. The third-order valence-corrected chi connectivity index (χ3v) is 3.35. The monoisotopic (exact) mass is 213 g/mol. The van der Waals surface area contributed by atoms with Crippen LogP contribution >= 0.6 is 0 Å². The Morgan fingerprint density at radius 2 is 2.07 bits per heavy atom. The van der Waals surface area contributed by atoms with Crippen LogP contribution in [-0.2, 0) is 4.74 Å². The van der Waals surface area contributed by atoms with Gasteiger partial charge in [0.05, 0.1) is 6.10 Å². The number of hydrogen-bond acceptors (Lipinski definition) is 2. The van der Waals surface area contributed by atoms with E-state index < -0.39 is 0 Å². The molecule has 0 heterocycles. The van der Waals surface area contributed by atoms with Crippen molar-refractivity contribution in [3.05, 3.63) is 0 Å². The Morgan fingerprint density at radius 3 is 2.73 bits per heavy atom. The molecule has 0 radical (unpaired) electrons. The summed E-state index contributed by atoms with van der Waals surface area (Å²) in [6.07, 6.45) is 6.76. The van der Waals surface area contributed by atoms with Gasteiger partial charge < -0.3 is 10.1 Å². The number of hydrogen-bond donors (Lipinski definition) is 1. The second-order valence-electron chi connectivity index (χ2n) is 4.85. The molecule has 3 atom stereocenters. The van der Waals surface area contributed by atoms with E-state index in [-0.39, 0.29) is 0 Å². The Kier molecular flexibility index (Phi) is 6.26. The van der Waals surface area contributed by atoms with Gasteiger partial charge in [-0.1, -0.05) is 27.2 Å². The summed E-state index contributed by atoms with van der Waals surface area (Å²) < 4.78 is 6.00. The number of rotatable bonds is 6.